The van der Waals surface area contributed by atoms with E-state index in [0.29, 0.717) is 0 Å². The first kappa shape index (κ1) is 8.69. The lowest BCUT2D eigenvalue weighted by molar-refractivity contribution is -0.132. The van der Waals surface area contributed by atoms with E-state index in [1.807, 2.05) is 13.0 Å². The fourth-order valence-corrected chi connectivity index (χ4v) is 0.354. The van der Waals surface area contributed by atoms with Crippen LogP contribution in [0.5, 0.6) is 0 Å². The van der Waals surface area contributed by atoms with Gasteiger partial charge in [-0.25, -0.2) is 4.79 Å². The normalized spacial score (nSPS) is 10.9. The molecule has 0 saturated heterocycles. The number of carboxylic acids is 1. The monoisotopic (exact) mass is 138 g/mol. The predicted molar refractivity (Wildman–Crippen MR) is 40.7 cm³/mol. The highest BCUT2D eigenvalue weighted by molar-refractivity contribution is 5.88. The van der Waals surface area contributed by atoms with Gasteiger partial charge < -0.3 is 5.11 Å². The van der Waals surface area contributed by atoms with E-state index in [4.69, 9.17) is 5.11 Å². The van der Waals surface area contributed by atoms with Crippen molar-refractivity contribution < 1.29 is 9.90 Å². The zero-order chi connectivity index (χ0) is 7.98. The summed E-state index contributed by atoms with van der Waals surface area (Å²) in [5, 5.41) is 8.31. The fraction of sp³-hybridized carbons (Fsp3) is 0.125. The maximum Gasteiger partial charge on any atom is 0.335 e. The Kier molecular flexibility index (Phi) is 3.96. The molecule has 2 nitrogen and oxygen atoms in total. The van der Waals surface area contributed by atoms with Gasteiger partial charge in [-0.05, 0) is 13.0 Å². The van der Waals surface area contributed by atoms with Crippen molar-refractivity contribution >= 4 is 5.97 Å². The molecular formula is C8H10O2. The van der Waals surface area contributed by atoms with Gasteiger partial charge in [-0.1, -0.05) is 24.8 Å². The van der Waals surface area contributed by atoms with Gasteiger partial charge in [-0.2, -0.15) is 0 Å². The quantitative estimate of drug-likeness (QED) is 0.476. The Morgan fingerprint density at radius 3 is 2.50 bits per heavy atom. The second kappa shape index (κ2) is 4.56. The Morgan fingerprint density at radius 2 is 2.10 bits per heavy atom. The molecule has 54 valence electrons. The highest BCUT2D eigenvalue weighted by atomic mass is 16.4. The highest BCUT2D eigenvalue weighted by Crippen LogP contribution is 1.91. The van der Waals surface area contributed by atoms with Gasteiger partial charge in [-0.15, -0.1) is 0 Å². The van der Waals surface area contributed by atoms with Gasteiger partial charge in [0.25, 0.3) is 0 Å². The van der Waals surface area contributed by atoms with Gasteiger partial charge in [-0.3, -0.25) is 0 Å². The van der Waals surface area contributed by atoms with Gasteiger partial charge in [0.05, 0.1) is 5.57 Å². The van der Waals surface area contributed by atoms with Crippen molar-refractivity contribution in [1.29, 1.82) is 0 Å². The maximum atomic E-state index is 10.1. The summed E-state index contributed by atoms with van der Waals surface area (Å²) >= 11 is 0. The molecule has 0 aliphatic heterocycles. The number of aliphatic carboxylic acids is 1. The van der Waals surface area contributed by atoms with Crippen LogP contribution in [0.3, 0.4) is 0 Å². The molecule has 0 aromatic carbocycles. The Morgan fingerprint density at radius 1 is 1.50 bits per heavy atom. The van der Waals surface area contributed by atoms with Crippen molar-refractivity contribution in [3.8, 4) is 0 Å². The average Bonchev–Trinajstić information content (AvgIpc) is 1.88. The first-order valence-electron chi connectivity index (χ1n) is 2.90. The minimum atomic E-state index is -0.985. The van der Waals surface area contributed by atoms with E-state index in [0.717, 1.165) is 0 Å². The highest BCUT2D eigenvalue weighted by Gasteiger charge is 1.95. The number of allylic oxidation sites excluding steroid dienone is 3. The Labute approximate surface area is 60.2 Å². The molecule has 0 aliphatic carbocycles. The van der Waals surface area contributed by atoms with Crippen LogP contribution in [-0.2, 0) is 4.79 Å². The standard InChI is InChI=1S/C8H10O2/c1-3-4-5-6-7(2)8(9)10/h3-6H,2H2,1H3,(H,9,10)/b4-3-,6-5-. The van der Waals surface area contributed by atoms with E-state index < -0.39 is 5.97 Å². The van der Waals surface area contributed by atoms with Crippen molar-refractivity contribution in [2.45, 2.75) is 6.92 Å². The molecule has 0 unspecified atom stereocenters. The third-order valence-electron chi connectivity index (χ3n) is 0.876. The van der Waals surface area contributed by atoms with Crippen LogP contribution in [0, 0.1) is 0 Å². The van der Waals surface area contributed by atoms with Gasteiger partial charge >= 0.3 is 5.97 Å². The summed E-state index contributed by atoms with van der Waals surface area (Å²) in [7, 11) is 0. The molecule has 0 spiro atoms. The van der Waals surface area contributed by atoms with Gasteiger partial charge in [0.1, 0.15) is 0 Å². The molecule has 0 aromatic rings. The van der Waals surface area contributed by atoms with Gasteiger partial charge in [0.2, 0.25) is 0 Å². The van der Waals surface area contributed by atoms with Gasteiger partial charge in [0, 0.05) is 0 Å². The van der Waals surface area contributed by atoms with Crippen LogP contribution in [0.1, 0.15) is 6.92 Å². The minimum Gasteiger partial charge on any atom is -0.478 e. The van der Waals surface area contributed by atoms with Crippen molar-refractivity contribution in [3.05, 3.63) is 36.5 Å². The molecule has 0 rings (SSSR count). The molecule has 0 aromatic heterocycles. The van der Waals surface area contributed by atoms with Crippen LogP contribution in [0.4, 0.5) is 0 Å². The maximum absolute atomic E-state index is 10.1. The zero-order valence-corrected chi connectivity index (χ0v) is 5.87. The number of hydrogen-bond donors (Lipinski definition) is 1. The van der Waals surface area contributed by atoms with E-state index in [-0.39, 0.29) is 5.57 Å². The van der Waals surface area contributed by atoms with E-state index in [2.05, 4.69) is 6.58 Å². The Balaban J connectivity index is 3.90. The van der Waals surface area contributed by atoms with Crippen LogP contribution in [0.2, 0.25) is 0 Å². The lowest BCUT2D eigenvalue weighted by Crippen LogP contribution is -1.94. The minimum absolute atomic E-state index is 0.0955. The average molecular weight is 138 g/mol. The summed E-state index contributed by atoms with van der Waals surface area (Å²) in [4.78, 5) is 10.1. The second-order valence-corrected chi connectivity index (χ2v) is 1.72. The molecular weight excluding hydrogens is 128 g/mol. The molecule has 0 amide bonds. The molecule has 0 heterocycles. The molecule has 10 heavy (non-hydrogen) atoms. The molecule has 0 saturated carbocycles. The third-order valence-corrected chi connectivity index (χ3v) is 0.876. The summed E-state index contributed by atoms with van der Waals surface area (Å²) in [6.07, 6.45) is 6.64. The fourth-order valence-electron chi connectivity index (χ4n) is 0.354. The summed E-state index contributed by atoms with van der Waals surface area (Å²) in [5.74, 6) is -0.985. The molecule has 0 fully saturated rings. The van der Waals surface area contributed by atoms with Crippen LogP contribution in [-0.4, -0.2) is 11.1 Å². The lowest BCUT2D eigenvalue weighted by Gasteiger charge is -1.85. The molecule has 2 heteroatoms. The predicted octanol–water partition coefficient (Wildman–Crippen LogP) is 1.76. The third kappa shape index (κ3) is 3.66. The van der Waals surface area contributed by atoms with Crippen molar-refractivity contribution in [3.63, 3.8) is 0 Å². The summed E-state index contributed by atoms with van der Waals surface area (Å²) < 4.78 is 0. The molecule has 0 aliphatic rings. The van der Waals surface area contributed by atoms with E-state index in [9.17, 15) is 4.79 Å². The molecule has 0 radical (unpaired) electrons. The zero-order valence-electron chi connectivity index (χ0n) is 5.87. The van der Waals surface area contributed by atoms with Crippen LogP contribution >= 0.6 is 0 Å². The summed E-state index contributed by atoms with van der Waals surface area (Å²) in [5.41, 5.74) is 0.0955. The summed E-state index contributed by atoms with van der Waals surface area (Å²) in [6.45, 7) is 5.16. The van der Waals surface area contributed by atoms with Crippen molar-refractivity contribution in [2.75, 3.05) is 0 Å². The number of hydrogen-bond acceptors (Lipinski definition) is 1. The number of carboxylic acid groups (broad SMARTS) is 1. The SMILES string of the molecule is C=C(/C=C\C=C/C)C(=O)O. The number of carbonyl (C=O) groups is 1. The van der Waals surface area contributed by atoms with Crippen LogP contribution < -0.4 is 0 Å². The smallest absolute Gasteiger partial charge is 0.335 e. The number of rotatable bonds is 3. The van der Waals surface area contributed by atoms with Crippen LogP contribution in [0.25, 0.3) is 0 Å². The topological polar surface area (TPSA) is 37.3 Å². The first-order valence-corrected chi connectivity index (χ1v) is 2.90. The Hall–Kier alpha value is -1.31. The molecule has 0 atom stereocenters. The summed E-state index contributed by atoms with van der Waals surface area (Å²) in [6, 6.07) is 0. The van der Waals surface area contributed by atoms with Gasteiger partial charge in [0.15, 0.2) is 0 Å². The molecule has 1 N–H and O–H groups in total. The Bertz CT molecular complexity index is 187. The van der Waals surface area contributed by atoms with Crippen molar-refractivity contribution in [1.82, 2.24) is 0 Å². The first-order chi connectivity index (χ1) is 4.68. The van der Waals surface area contributed by atoms with E-state index in [1.165, 1.54) is 6.08 Å². The van der Waals surface area contributed by atoms with E-state index in [1.54, 1.807) is 12.2 Å². The largest absolute Gasteiger partial charge is 0.478 e. The second-order valence-electron chi connectivity index (χ2n) is 1.72. The van der Waals surface area contributed by atoms with Crippen LogP contribution in [0.15, 0.2) is 36.5 Å². The lowest BCUT2D eigenvalue weighted by atomic mass is 10.3. The molecule has 0 bridgehead atoms. The van der Waals surface area contributed by atoms with Crippen molar-refractivity contribution in [2.24, 2.45) is 0 Å². The van der Waals surface area contributed by atoms with E-state index >= 15 is 0 Å².